The van der Waals surface area contributed by atoms with Crippen LogP contribution in [0.1, 0.15) is 36.8 Å². The Hall–Kier alpha value is -3.55. The van der Waals surface area contributed by atoms with Crippen molar-refractivity contribution in [3.05, 3.63) is 68.5 Å². The molecule has 0 spiro atoms. The Morgan fingerprint density at radius 1 is 1.13 bits per heavy atom. The lowest BCUT2D eigenvalue weighted by Gasteiger charge is -1.97. The van der Waals surface area contributed by atoms with Gasteiger partial charge in [0.25, 0.3) is 0 Å². The first kappa shape index (κ1) is 14.4. The summed E-state index contributed by atoms with van der Waals surface area (Å²) in [5, 5.41) is 19.5. The molecule has 8 nitrogen and oxygen atoms in total. The average Bonchev–Trinajstić information content (AvgIpc) is 3.07. The average molecular weight is 313 g/mol. The van der Waals surface area contributed by atoms with Crippen molar-refractivity contribution in [1.82, 2.24) is 0 Å². The normalized spacial score (nSPS) is 15.0. The van der Waals surface area contributed by atoms with Gasteiger partial charge in [-0.1, -0.05) is 0 Å². The predicted octanol–water partition coefficient (Wildman–Crippen LogP) is 2.35. The Morgan fingerprint density at radius 2 is 1.83 bits per heavy atom. The van der Waals surface area contributed by atoms with Gasteiger partial charge in [0.05, 0.1) is 17.2 Å². The maximum atomic E-state index is 12.3. The SMILES string of the molecule is O=C(O)c1ccc2c(c1)C(=O)/C(=C\c1ccc([N+](=O)[O-])o1)C2=O. The highest BCUT2D eigenvalue weighted by atomic mass is 16.6. The fourth-order valence-corrected chi connectivity index (χ4v) is 2.25. The molecule has 23 heavy (non-hydrogen) atoms. The van der Waals surface area contributed by atoms with Crippen molar-refractivity contribution in [2.24, 2.45) is 0 Å². The van der Waals surface area contributed by atoms with Gasteiger partial charge in [-0.25, -0.2) is 4.79 Å². The molecule has 1 aliphatic rings. The fourth-order valence-electron chi connectivity index (χ4n) is 2.25. The number of carboxylic acid groups (broad SMARTS) is 1. The molecule has 8 heteroatoms. The van der Waals surface area contributed by atoms with Crippen LogP contribution in [0.5, 0.6) is 0 Å². The zero-order chi connectivity index (χ0) is 16.7. The number of carbonyl (C=O) groups is 3. The van der Waals surface area contributed by atoms with E-state index < -0.39 is 28.3 Å². The van der Waals surface area contributed by atoms with Crippen LogP contribution in [-0.4, -0.2) is 27.6 Å². The summed E-state index contributed by atoms with van der Waals surface area (Å²) in [5.41, 5.74) is -0.263. The minimum absolute atomic E-state index is 0.0118. The molecule has 0 aliphatic heterocycles. The van der Waals surface area contributed by atoms with Gasteiger partial charge < -0.3 is 9.52 Å². The molecule has 1 heterocycles. The Morgan fingerprint density at radius 3 is 2.43 bits per heavy atom. The number of Topliss-reactive ketones (excluding diaryl/α,β-unsaturated/α-hetero) is 2. The Bertz CT molecular complexity index is 920. The van der Waals surface area contributed by atoms with Gasteiger partial charge in [0.2, 0.25) is 0 Å². The summed E-state index contributed by atoms with van der Waals surface area (Å²) in [5.74, 6) is -2.97. The molecule has 0 bridgehead atoms. The van der Waals surface area contributed by atoms with E-state index in [4.69, 9.17) is 9.52 Å². The van der Waals surface area contributed by atoms with E-state index in [1.54, 1.807) is 0 Å². The molecule has 3 rings (SSSR count). The van der Waals surface area contributed by atoms with Crippen LogP contribution in [0.3, 0.4) is 0 Å². The third-order valence-corrected chi connectivity index (χ3v) is 3.32. The van der Waals surface area contributed by atoms with Crippen molar-refractivity contribution in [2.45, 2.75) is 0 Å². The number of furan rings is 1. The number of benzene rings is 1. The van der Waals surface area contributed by atoms with E-state index in [2.05, 4.69) is 0 Å². The summed E-state index contributed by atoms with van der Waals surface area (Å²) in [6, 6.07) is 5.99. The number of carbonyl (C=O) groups excluding carboxylic acids is 2. The fraction of sp³-hybridized carbons (Fsp3) is 0. The van der Waals surface area contributed by atoms with E-state index in [-0.39, 0.29) is 28.0 Å². The number of hydrogen-bond donors (Lipinski definition) is 1. The highest BCUT2D eigenvalue weighted by Crippen LogP contribution is 2.29. The van der Waals surface area contributed by atoms with Crippen LogP contribution >= 0.6 is 0 Å². The first-order chi connectivity index (χ1) is 10.9. The molecule has 1 N–H and O–H groups in total. The van der Waals surface area contributed by atoms with Crippen LogP contribution < -0.4 is 0 Å². The van der Waals surface area contributed by atoms with Crippen molar-refractivity contribution >= 4 is 29.5 Å². The van der Waals surface area contributed by atoms with Gasteiger partial charge in [0.15, 0.2) is 11.6 Å². The number of rotatable bonds is 3. The minimum atomic E-state index is -1.22. The van der Waals surface area contributed by atoms with Crippen LogP contribution in [0.25, 0.3) is 6.08 Å². The van der Waals surface area contributed by atoms with E-state index in [0.717, 1.165) is 18.2 Å². The zero-order valence-electron chi connectivity index (χ0n) is 11.3. The van der Waals surface area contributed by atoms with E-state index in [0.29, 0.717) is 0 Å². The van der Waals surface area contributed by atoms with Crippen LogP contribution in [0.2, 0.25) is 0 Å². The molecule has 1 aromatic heterocycles. The summed E-state index contributed by atoms with van der Waals surface area (Å²) in [4.78, 5) is 45.2. The summed E-state index contributed by atoms with van der Waals surface area (Å²) in [7, 11) is 0. The van der Waals surface area contributed by atoms with Gasteiger partial charge >= 0.3 is 11.9 Å². The number of nitrogens with zero attached hydrogens (tertiary/aromatic N) is 1. The van der Waals surface area contributed by atoms with E-state index in [1.807, 2.05) is 0 Å². The summed E-state index contributed by atoms with van der Waals surface area (Å²) in [6.07, 6.45) is 1.11. The number of nitro groups is 1. The lowest BCUT2D eigenvalue weighted by atomic mass is 10.1. The molecule has 1 aliphatic carbocycles. The quantitative estimate of drug-likeness (QED) is 0.398. The lowest BCUT2D eigenvalue weighted by molar-refractivity contribution is -0.402. The highest BCUT2D eigenvalue weighted by Gasteiger charge is 2.34. The van der Waals surface area contributed by atoms with Crippen molar-refractivity contribution in [2.75, 3.05) is 0 Å². The van der Waals surface area contributed by atoms with Crippen molar-refractivity contribution in [3.8, 4) is 0 Å². The second-order valence-electron chi connectivity index (χ2n) is 4.71. The second-order valence-corrected chi connectivity index (χ2v) is 4.71. The first-order valence-electron chi connectivity index (χ1n) is 6.31. The zero-order valence-corrected chi connectivity index (χ0v) is 11.3. The van der Waals surface area contributed by atoms with Crippen molar-refractivity contribution < 1.29 is 28.8 Å². The molecular weight excluding hydrogens is 306 g/mol. The third-order valence-electron chi connectivity index (χ3n) is 3.32. The smallest absolute Gasteiger partial charge is 0.433 e. The first-order valence-corrected chi connectivity index (χ1v) is 6.31. The van der Waals surface area contributed by atoms with E-state index in [9.17, 15) is 24.5 Å². The highest BCUT2D eigenvalue weighted by molar-refractivity contribution is 6.41. The molecule has 114 valence electrons. The maximum Gasteiger partial charge on any atom is 0.433 e. The molecule has 2 aromatic rings. The standard InChI is InChI=1S/C15H7NO7/c17-13-9-3-1-7(15(19)20)5-10(9)14(18)11(13)6-8-2-4-12(23-8)16(21)22/h1-6H,(H,19,20)/b11-6-. The third kappa shape index (κ3) is 2.31. The molecular formula is C15H7NO7. The molecule has 1 aromatic carbocycles. The van der Waals surface area contributed by atoms with Crippen LogP contribution in [0, 0.1) is 10.1 Å². The van der Waals surface area contributed by atoms with Crippen LogP contribution in [0.15, 0.2) is 40.3 Å². The van der Waals surface area contributed by atoms with Gasteiger partial charge in [-0.3, -0.25) is 19.7 Å². The topological polar surface area (TPSA) is 128 Å². The van der Waals surface area contributed by atoms with Crippen LogP contribution in [-0.2, 0) is 0 Å². The maximum absolute atomic E-state index is 12.3. The van der Waals surface area contributed by atoms with E-state index in [1.165, 1.54) is 18.2 Å². The van der Waals surface area contributed by atoms with Crippen molar-refractivity contribution in [3.63, 3.8) is 0 Å². The summed E-state index contributed by atoms with van der Waals surface area (Å²) < 4.78 is 4.89. The molecule has 0 amide bonds. The van der Waals surface area contributed by atoms with Gasteiger partial charge in [-0.15, -0.1) is 0 Å². The number of fused-ring (bicyclic) bond motifs is 1. The summed E-state index contributed by atoms with van der Waals surface area (Å²) >= 11 is 0. The molecule has 0 saturated carbocycles. The molecule has 0 saturated heterocycles. The Labute approximate surface area is 127 Å². The predicted molar refractivity (Wildman–Crippen MR) is 75.4 cm³/mol. The molecule has 0 atom stereocenters. The monoisotopic (exact) mass is 313 g/mol. The molecule has 0 radical (unpaired) electrons. The van der Waals surface area contributed by atoms with Gasteiger partial charge in [0, 0.05) is 11.1 Å². The van der Waals surface area contributed by atoms with Crippen LogP contribution in [0.4, 0.5) is 5.88 Å². The van der Waals surface area contributed by atoms with E-state index >= 15 is 0 Å². The molecule has 0 fully saturated rings. The Balaban J connectivity index is 2.03. The number of ketones is 2. The Kier molecular flexibility index (Phi) is 3.14. The largest absolute Gasteiger partial charge is 0.478 e. The second kappa shape index (κ2) is 5.02. The van der Waals surface area contributed by atoms with Gasteiger partial charge in [-0.2, -0.15) is 0 Å². The summed E-state index contributed by atoms with van der Waals surface area (Å²) in [6.45, 7) is 0. The number of hydrogen-bond acceptors (Lipinski definition) is 6. The number of aromatic carboxylic acids is 1. The number of allylic oxidation sites excluding steroid dienone is 1. The van der Waals surface area contributed by atoms with Crippen molar-refractivity contribution in [1.29, 1.82) is 0 Å². The lowest BCUT2D eigenvalue weighted by Crippen LogP contribution is -2.00. The molecule has 0 unspecified atom stereocenters. The minimum Gasteiger partial charge on any atom is -0.478 e. The van der Waals surface area contributed by atoms with Gasteiger partial charge in [-0.05, 0) is 30.3 Å². The van der Waals surface area contributed by atoms with Gasteiger partial charge in [0.1, 0.15) is 10.7 Å². The number of carboxylic acids is 1.